The predicted octanol–water partition coefficient (Wildman–Crippen LogP) is 3.55. The van der Waals surface area contributed by atoms with Crippen LogP contribution in [0.1, 0.15) is 40.0 Å². The maximum Gasteiger partial charge on any atom is 0.226 e. The van der Waals surface area contributed by atoms with Crippen LogP contribution in [0, 0.1) is 17.8 Å². The molecule has 2 atom stereocenters. The molecule has 2 unspecified atom stereocenters. The number of hydrogen-bond acceptors (Lipinski definition) is 3. The summed E-state index contributed by atoms with van der Waals surface area (Å²) in [5.74, 6) is -0.659. The molecule has 0 saturated carbocycles. The Hall–Kier alpha value is -1.75. The van der Waals surface area contributed by atoms with E-state index < -0.39 is 0 Å². The highest BCUT2D eigenvalue weighted by molar-refractivity contribution is 6.33. The maximum absolute atomic E-state index is 13.2. The van der Waals surface area contributed by atoms with Crippen LogP contribution in [-0.2, 0) is 9.59 Å². The van der Waals surface area contributed by atoms with Gasteiger partial charge in [-0.25, -0.2) is 0 Å². The van der Waals surface area contributed by atoms with E-state index in [1.54, 1.807) is 0 Å². The van der Waals surface area contributed by atoms with Gasteiger partial charge in [-0.05, 0) is 30.9 Å². The Morgan fingerprint density at radius 1 is 1.11 bits per heavy atom. The number of hydrogen-bond donors (Lipinski definition) is 1. The molecular formula is C21H32ClN3O2. The monoisotopic (exact) mass is 393 g/mol. The number of primary amides is 1. The maximum atomic E-state index is 13.2. The second-order valence-electron chi connectivity index (χ2n) is 7.80. The molecule has 2 N–H and O–H groups in total. The minimum absolute atomic E-state index is 0.0692. The van der Waals surface area contributed by atoms with E-state index in [4.69, 9.17) is 17.3 Å². The number of halogens is 1. The lowest BCUT2D eigenvalue weighted by atomic mass is 9.81. The summed E-state index contributed by atoms with van der Waals surface area (Å²) >= 11 is 6.30. The lowest BCUT2D eigenvalue weighted by molar-refractivity contribution is -0.142. The van der Waals surface area contributed by atoms with Crippen LogP contribution < -0.4 is 10.6 Å². The Morgan fingerprint density at radius 2 is 1.74 bits per heavy atom. The first-order valence-corrected chi connectivity index (χ1v) is 10.3. The lowest BCUT2D eigenvalue weighted by Crippen LogP contribution is -2.52. The first-order valence-electron chi connectivity index (χ1n) is 9.92. The smallest absolute Gasteiger partial charge is 0.226 e. The summed E-state index contributed by atoms with van der Waals surface area (Å²) in [5.41, 5.74) is 6.65. The average molecular weight is 394 g/mol. The summed E-state index contributed by atoms with van der Waals surface area (Å²) in [6.07, 6.45) is 2.20. The quantitative estimate of drug-likeness (QED) is 0.734. The third kappa shape index (κ3) is 5.61. The number of anilines is 1. The van der Waals surface area contributed by atoms with Crippen LogP contribution in [-0.4, -0.2) is 42.9 Å². The van der Waals surface area contributed by atoms with E-state index in [0.29, 0.717) is 31.8 Å². The first kappa shape index (κ1) is 21.5. The van der Waals surface area contributed by atoms with Gasteiger partial charge in [0.25, 0.3) is 0 Å². The Kier molecular flexibility index (Phi) is 7.96. The van der Waals surface area contributed by atoms with Crippen molar-refractivity contribution in [2.45, 2.75) is 40.0 Å². The number of carbonyl (C=O) groups is 2. The number of nitrogens with two attached hydrogens (primary N) is 1. The van der Waals surface area contributed by atoms with Crippen LogP contribution in [0.5, 0.6) is 0 Å². The van der Waals surface area contributed by atoms with Crippen LogP contribution in [0.15, 0.2) is 24.3 Å². The molecule has 0 spiro atoms. The number of benzene rings is 1. The van der Waals surface area contributed by atoms with Gasteiger partial charge >= 0.3 is 0 Å². The molecule has 2 amide bonds. The predicted molar refractivity (Wildman–Crippen MR) is 111 cm³/mol. The lowest BCUT2D eigenvalue weighted by Gasteiger charge is -2.39. The van der Waals surface area contributed by atoms with Crippen molar-refractivity contribution < 1.29 is 9.59 Å². The van der Waals surface area contributed by atoms with E-state index >= 15 is 0 Å². The summed E-state index contributed by atoms with van der Waals surface area (Å²) < 4.78 is 0. The summed E-state index contributed by atoms with van der Waals surface area (Å²) in [6, 6.07) is 7.78. The fraction of sp³-hybridized carbons (Fsp3) is 0.619. The Bertz CT molecular complexity index is 642. The van der Waals surface area contributed by atoms with Gasteiger partial charge in [-0.3, -0.25) is 9.59 Å². The van der Waals surface area contributed by atoms with Gasteiger partial charge in [-0.2, -0.15) is 0 Å². The van der Waals surface area contributed by atoms with E-state index in [-0.39, 0.29) is 23.7 Å². The van der Waals surface area contributed by atoms with Crippen LogP contribution in [0.25, 0.3) is 0 Å². The third-order valence-corrected chi connectivity index (χ3v) is 5.60. The van der Waals surface area contributed by atoms with Gasteiger partial charge in [0.05, 0.1) is 10.7 Å². The van der Waals surface area contributed by atoms with E-state index in [1.165, 1.54) is 0 Å². The second-order valence-corrected chi connectivity index (χ2v) is 8.20. The second kappa shape index (κ2) is 9.98. The van der Waals surface area contributed by atoms with Crippen LogP contribution in [0.3, 0.4) is 0 Å². The van der Waals surface area contributed by atoms with Crippen LogP contribution in [0.4, 0.5) is 5.69 Å². The molecule has 1 fully saturated rings. The fourth-order valence-electron chi connectivity index (χ4n) is 3.91. The van der Waals surface area contributed by atoms with E-state index in [0.717, 1.165) is 30.2 Å². The number of rotatable bonds is 8. The summed E-state index contributed by atoms with van der Waals surface area (Å²) in [5, 5.41) is 0.728. The van der Waals surface area contributed by atoms with Crippen molar-refractivity contribution in [3.05, 3.63) is 29.3 Å². The largest absolute Gasteiger partial charge is 0.369 e. The molecule has 0 radical (unpaired) electrons. The van der Waals surface area contributed by atoms with Gasteiger partial charge in [0.15, 0.2) is 0 Å². The first-order chi connectivity index (χ1) is 12.8. The minimum Gasteiger partial charge on any atom is -0.369 e. The molecule has 150 valence electrons. The number of amides is 2. The summed E-state index contributed by atoms with van der Waals surface area (Å²) in [7, 11) is 0. The zero-order valence-corrected chi connectivity index (χ0v) is 17.4. The Balaban J connectivity index is 2.08. The van der Waals surface area contributed by atoms with E-state index in [1.807, 2.05) is 36.1 Å². The summed E-state index contributed by atoms with van der Waals surface area (Å²) in [6.45, 7) is 8.93. The fourth-order valence-corrected chi connectivity index (χ4v) is 4.16. The third-order valence-electron chi connectivity index (χ3n) is 5.28. The molecule has 1 aliphatic rings. The molecule has 6 heteroatoms. The molecule has 1 aromatic rings. The van der Waals surface area contributed by atoms with Crippen molar-refractivity contribution in [3.8, 4) is 0 Å². The molecule has 1 aromatic carbocycles. The van der Waals surface area contributed by atoms with E-state index in [9.17, 15) is 9.59 Å². The Labute approximate surface area is 167 Å². The van der Waals surface area contributed by atoms with Crippen LogP contribution >= 0.6 is 11.6 Å². The standard InChI is InChI=1S/C21H32ClN3O2/c1-4-7-16(20(23)26)17(14-15(2)3)21(27)25-12-10-24(11-13-25)19-9-6-5-8-18(19)22/h5-6,8-9,15-17H,4,7,10-14H2,1-3H3,(H2,23,26). The molecule has 1 aliphatic heterocycles. The van der Waals surface area contributed by atoms with Crippen molar-refractivity contribution in [2.24, 2.45) is 23.5 Å². The Morgan fingerprint density at radius 3 is 2.26 bits per heavy atom. The van der Waals surface area contributed by atoms with E-state index in [2.05, 4.69) is 18.7 Å². The number of para-hydroxylation sites is 1. The van der Waals surface area contributed by atoms with Crippen molar-refractivity contribution in [3.63, 3.8) is 0 Å². The highest BCUT2D eigenvalue weighted by atomic mass is 35.5. The molecular weight excluding hydrogens is 362 g/mol. The highest BCUT2D eigenvalue weighted by Gasteiger charge is 2.36. The zero-order valence-electron chi connectivity index (χ0n) is 16.7. The minimum atomic E-state index is -0.383. The molecule has 0 aromatic heterocycles. The molecule has 0 aliphatic carbocycles. The van der Waals surface area contributed by atoms with Gasteiger partial charge in [-0.1, -0.05) is 50.9 Å². The van der Waals surface area contributed by atoms with Crippen molar-refractivity contribution in [2.75, 3.05) is 31.1 Å². The highest BCUT2D eigenvalue weighted by Crippen LogP contribution is 2.29. The van der Waals surface area contributed by atoms with Gasteiger partial charge in [0.1, 0.15) is 0 Å². The number of nitrogens with zero attached hydrogens (tertiary/aromatic N) is 2. The zero-order chi connectivity index (χ0) is 20.0. The molecule has 0 bridgehead atoms. The molecule has 1 heterocycles. The molecule has 27 heavy (non-hydrogen) atoms. The molecule has 2 rings (SSSR count). The van der Waals surface area contributed by atoms with Crippen molar-refractivity contribution in [1.82, 2.24) is 4.90 Å². The van der Waals surface area contributed by atoms with Gasteiger partial charge in [0, 0.05) is 38.0 Å². The van der Waals surface area contributed by atoms with Gasteiger partial charge < -0.3 is 15.5 Å². The topological polar surface area (TPSA) is 66.6 Å². The molecule has 5 nitrogen and oxygen atoms in total. The molecule has 1 saturated heterocycles. The van der Waals surface area contributed by atoms with Gasteiger partial charge in [0.2, 0.25) is 11.8 Å². The summed E-state index contributed by atoms with van der Waals surface area (Å²) in [4.78, 5) is 29.3. The number of carbonyl (C=O) groups excluding carboxylic acids is 2. The number of piperazine rings is 1. The van der Waals surface area contributed by atoms with Crippen molar-refractivity contribution in [1.29, 1.82) is 0 Å². The normalized spacial score (nSPS) is 17.1. The SMILES string of the molecule is CCCC(C(N)=O)C(CC(C)C)C(=O)N1CCN(c2ccccc2Cl)CC1. The van der Waals surface area contributed by atoms with Gasteiger partial charge in [-0.15, -0.1) is 0 Å². The van der Waals surface area contributed by atoms with Crippen LogP contribution in [0.2, 0.25) is 5.02 Å². The average Bonchev–Trinajstić information content (AvgIpc) is 2.64. The van der Waals surface area contributed by atoms with Crippen molar-refractivity contribution >= 4 is 29.1 Å².